The van der Waals surface area contributed by atoms with Crippen molar-refractivity contribution in [2.45, 2.75) is 19.0 Å². The first-order valence-electron chi connectivity index (χ1n) is 6.04. The number of ether oxygens (including phenoxy) is 1. The minimum Gasteiger partial charge on any atom is -0.465 e. The lowest BCUT2D eigenvalue weighted by Crippen LogP contribution is -2.72. The number of nitrogens with one attached hydrogen (secondary N) is 2. The van der Waals surface area contributed by atoms with Crippen molar-refractivity contribution in [2.75, 3.05) is 19.7 Å². The quantitative estimate of drug-likeness (QED) is 0.808. The molecule has 4 nitrogen and oxygen atoms in total. The van der Waals surface area contributed by atoms with Gasteiger partial charge in [0.15, 0.2) is 0 Å². The average molecular weight is 313 g/mol. The first kappa shape index (κ1) is 13.5. The van der Waals surface area contributed by atoms with Gasteiger partial charge in [-0.15, -0.1) is 0 Å². The van der Waals surface area contributed by atoms with Crippen LogP contribution >= 0.6 is 15.9 Å². The smallest absolute Gasteiger partial charge is 0.329 e. The Bertz CT molecular complexity index is 416. The minimum absolute atomic E-state index is 0.166. The second-order valence-electron chi connectivity index (χ2n) is 4.39. The third-order valence-electron chi connectivity index (χ3n) is 3.06. The second kappa shape index (κ2) is 5.82. The summed E-state index contributed by atoms with van der Waals surface area (Å²) in [6.45, 7) is 4.16. The van der Waals surface area contributed by atoms with E-state index in [-0.39, 0.29) is 5.97 Å². The van der Waals surface area contributed by atoms with Crippen molar-refractivity contribution in [1.29, 1.82) is 0 Å². The van der Waals surface area contributed by atoms with E-state index in [1.54, 1.807) is 0 Å². The van der Waals surface area contributed by atoms with Crippen molar-refractivity contribution < 1.29 is 9.53 Å². The van der Waals surface area contributed by atoms with Crippen molar-refractivity contribution in [3.8, 4) is 0 Å². The third-order valence-corrected chi connectivity index (χ3v) is 3.59. The highest BCUT2D eigenvalue weighted by molar-refractivity contribution is 9.10. The molecule has 18 heavy (non-hydrogen) atoms. The predicted octanol–water partition coefficient (Wildman–Crippen LogP) is 1.44. The van der Waals surface area contributed by atoms with Gasteiger partial charge in [0.1, 0.15) is 5.54 Å². The molecule has 0 spiro atoms. The monoisotopic (exact) mass is 312 g/mol. The number of halogens is 1. The van der Waals surface area contributed by atoms with Crippen LogP contribution in [0.1, 0.15) is 12.5 Å². The molecule has 1 aliphatic rings. The van der Waals surface area contributed by atoms with Crippen LogP contribution in [0.3, 0.4) is 0 Å². The van der Waals surface area contributed by atoms with Gasteiger partial charge in [-0.2, -0.15) is 0 Å². The molecule has 1 aliphatic heterocycles. The van der Waals surface area contributed by atoms with Crippen LogP contribution in [0.25, 0.3) is 0 Å². The Hall–Kier alpha value is -0.910. The highest BCUT2D eigenvalue weighted by Crippen LogP contribution is 2.16. The van der Waals surface area contributed by atoms with Gasteiger partial charge < -0.3 is 10.1 Å². The van der Waals surface area contributed by atoms with E-state index in [1.807, 2.05) is 31.2 Å². The summed E-state index contributed by atoms with van der Waals surface area (Å²) in [5.41, 5.74) is 0.595. The van der Waals surface area contributed by atoms with Gasteiger partial charge in [-0.1, -0.05) is 28.1 Å². The van der Waals surface area contributed by atoms with Gasteiger partial charge in [0.2, 0.25) is 0 Å². The van der Waals surface area contributed by atoms with E-state index < -0.39 is 5.54 Å². The molecule has 98 valence electrons. The zero-order valence-corrected chi connectivity index (χ0v) is 11.9. The first-order chi connectivity index (χ1) is 8.66. The molecule has 0 saturated carbocycles. The molecule has 1 fully saturated rings. The number of benzene rings is 1. The molecule has 0 unspecified atom stereocenters. The average Bonchev–Trinajstić information content (AvgIpc) is 2.30. The maximum Gasteiger partial charge on any atom is 0.329 e. The van der Waals surface area contributed by atoms with Crippen LogP contribution in [0.4, 0.5) is 0 Å². The van der Waals surface area contributed by atoms with Crippen molar-refractivity contribution in [2.24, 2.45) is 0 Å². The zero-order valence-electron chi connectivity index (χ0n) is 10.3. The van der Waals surface area contributed by atoms with Crippen molar-refractivity contribution >= 4 is 21.9 Å². The summed E-state index contributed by atoms with van der Waals surface area (Å²) >= 11 is 3.40. The Balaban J connectivity index is 1.95. The Kier molecular flexibility index (Phi) is 4.37. The van der Waals surface area contributed by atoms with E-state index in [9.17, 15) is 4.79 Å². The number of hydrogen-bond acceptors (Lipinski definition) is 4. The molecule has 1 saturated heterocycles. The summed E-state index contributed by atoms with van der Waals surface area (Å²) in [7, 11) is 0. The topological polar surface area (TPSA) is 50.4 Å². The van der Waals surface area contributed by atoms with Crippen molar-refractivity contribution in [3.63, 3.8) is 0 Å². The third kappa shape index (κ3) is 2.91. The summed E-state index contributed by atoms with van der Waals surface area (Å²) < 4.78 is 6.16. The highest BCUT2D eigenvalue weighted by Gasteiger charge is 2.45. The number of carbonyl (C=O) groups is 1. The van der Waals surface area contributed by atoms with E-state index in [0.717, 1.165) is 10.0 Å². The van der Waals surface area contributed by atoms with E-state index in [1.165, 1.54) is 0 Å². The Morgan fingerprint density at radius 1 is 1.44 bits per heavy atom. The van der Waals surface area contributed by atoms with Gasteiger partial charge in [0.05, 0.1) is 6.61 Å². The minimum atomic E-state index is -0.552. The summed E-state index contributed by atoms with van der Waals surface area (Å²) in [5.74, 6) is -0.166. The number of hydrogen-bond donors (Lipinski definition) is 2. The van der Waals surface area contributed by atoms with E-state index in [4.69, 9.17) is 4.74 Å². The van der Waals surface area contributed by atoms with Crippen molar-refractivity contribution in [1.82, 2.24) is 10.6 Å². The van der Waals surface area contributed by atoms with Crippen molar-refractivity contribution in [3.05, 3.63) is 34.3 Å². The Labute approximate surface area is 115 Å². The molecule has 1 heterocycles. The molecule has 2 N–H and O–H groups in total. The molecular formula is C13H17BrN2O2. The van der Waals surface area contributed by atoms with Gasteiger partial charge >= 0.3 is 5.97 Å². The Morgan fingerprint density at radius 2 is 2.11 bits per heavy atom. The van der Waals surface area contributed by atoms with Crippen LogP contribution in [0.2, 0.25) is 0 Å². The summed E-state index contributed by atoms with van der Waals surface area (Å²) in [6, 6.07) is 8.05. The second-order valence-corrected chi connectivity index (χ2v) is 5.30. The van der Waals surface area contributed by atoms with Gasteiger partial charge in [-0.3, -0.25) is 5.32 Å². The maximum atomic E-state index is 11.9. The van der Waals surface area contributed by atoms with Crippen LogP contribution in [0, 0.1) is 0 Å². The zero-order chi connectivity index (χ0) is 13.0. The molecular weight excluding hydrogens is 296 g/mol. The lowest BCUT2D eigenvalue weighted by atomic mass is 9.92. The van der Waals surface area contributed by atoms with Gasteiger partial charge in [0.25, 0.3) is 0 Å². The largest absolute Gasteiger partial charge is 0.465 e. The lowest BCUT2D eigenvalue weighted by Gasteiger charge is -2.40. The molecule has 2 rings (SSSR count). The van der Waals surface area contributed by atoms with Gasteiger partial charge in [-0.05, 0) is 24.6 Å². The molecule has 0 aromatic heterocycles. The van der Waals surface area contributed by atoms with Gasteiger partial charge in [0, 0.05) is 24.1 Å². The fourth-order valence-electron chi connectivity index (χ4n) is 1.86. The molecule has 0 aliphatic carbocycles. The SMILES string of the molecule is CCOC(=O)C1(NCc2ccc(Br)cc2)CNC1. The van der Waals surface area contributed by atoms with Gasteiger partial charge in [-0.25, -0.2) is 4.79 Å². The van der Waals surface area contributed by atoms with Crippen LogP contribution < -0.4 is 10.6 Å². The number of carbonyl (C=O) groups excluding carboxylic acids is 1. The highest BCUT2D eigenvalue weighted by atomic mass is 79.9. The fourth-order valence-corrected chi connectivity index (χ4v) is 2.12. The van der Waals surface area contributed by atoms with Crippen LogP contribution in [-0.2, 0) is 16.1 Å². The number of esters is 1. The molecule has 1 aromatic rings. The molecule has 1 aromatic carbocycles. The van der Waals surface area contributed by atoms with Crippen LogP contribution in [0.15, 0.2) is 28.7 Å². The summed E-state index contributed by atoms with van der Waals surface area (Å²) in [4.78, 5) is 11.9. The normalized spacial score (nSPS) is 17.0. The fraction of sp³-hybridized carbons (Fsp3) is 0.462. The maximum absolute atomic E-state index is 11.9. The first-order valence-corrected chi connectivity index (χ1v) is 6.83. The molecule has 0 amide bonds. The lowest BCUT2D eigenvalue weighted by molar-refractivity contribution is -0.153. The number of rotatable bonds is 5. The Morgan fingerprint density at radius 3 is 2.61 bits per heavy atom. The standard InChI is InChI=1S/C13H17BrN2O2/c1-2-18-12(17)13(8-15-9-13)16-7-10-3-5-11(14)6-4-10/h3-6,15-16H,2,7-9H2,1H3. The van der Waals surface area contributed by atoms with E-state index in [2.05, 4.69) is 26.6 Å². The summed E-state index contributed by atoms with van der Waals surface area (Å²) in [6.07, 6.45) is 0. The molecule has 0 bridgehead atoms. The van der Waals surface area contributed by atoms with E-state index in [0.29, 0.717) is 26.2 Å². The molecule has 0 atom stereocenters. The summed E-state index contributed by atoms with van der Waals surface area (Å²) in [5, 5.41) is 6.42. The van der Waals surface area contributed by atoms with Crippen LogP contribution in [0.5, 0.6) is 0 Å². The molecule has 5 heteroatoms. The van der Waals surface area contributed by atoms with E-state index >= 15 is 0 Å². The van der Waals surface area contributed by atoms with Crippen LogP contribution in [-0.4, -0.2) is 31.2 Å². The predicted molar refractivity (Wildman–Crippen MR) is 73.2 cm³/mol. The molecule has 0 radical (unpaired) electrons.